The summed E-state index contributed by atoms with van der Waals surface area (Å²) in [5, 5.41) is 18.3. The molecule has 1 atom stereocenters. The highest BCUT2D eigenvalue weighted by atomic mass is 16.7. The lowest BCUT2D eigenvalue weighted by Crippen LogP contribution is -2.49. The number of likely N-dealkylation sites (N-methyl/N-ethyl adjacent to an activating group) is 1. The molecule has 0 aliphatic heterocycles. The summed E-state index contributed by atoms with van der Waals surface area (Å²) in [7, 11) is 1.72. The number of nitro groups is 1. The first-order valence-electron chi connectivity index (χ1n) is 12.8. The normalized spacial score (nSPS) is 12.0. The van der Waals surface area contributed by atoms with E-state index >= 15 is 0 Å². The van der Waals surface area contributed by atoms with Crippen LogP contribution in [-0.2, 0) is 16.0 Å². The Bertz CT molecular complexity index is 1200. The van der Waals surface area contributed by atoms with Crippen LogP contribution < -0.4 is 16.4 Å². The van der Waals surface area contributed by atoms with E-state index in [0.717, 1.165) is 16.7 Å². The highest BCUT2D eigenvalue weighted by molar-refractivity contribution is 5.92. The van der Waals surface area contributed by atoms with E-state index < -0.39 is 17.0 Å². The lowest BCUT2D eigenvalue weighted by molar-refractivity contribution is -0.485. The van der Waals surface area contributed by atoms with E-state index in [4.69, 9.17) is 5.73 Å². The summed E-state index contributed by atoms with van der Waals surface area (Å²) in [6.07, 6.45) is 1.39. The fourth-order valence-corrected chi connectivity index (χ4v) is 4.26. The molecule has 3 aromatic carbocycles. The van der Waals surface area contributed by atoms with Crippen molar-refractivity contribution < 1.29 is 14.6 Å². The number of carbonyl (C=O) groups excluding carboxylic acids is 2. The average molecular weight is 531 g/mol. The Morgan fingerprint density at radius 3 is 2.03 bits per heavy atom. The number of hydrogen-bond acceptors (Lipinski definition) is 4. The first kappa shape index (κ1) is 28.8. The summed E-state index contributed by atoms with van der Waals surface area (Å²) < 4.78 is 0. The second-order valence-corrected chi connectivity index (χ2v) is 9.10. The highest BCUT2D eigenvalue weighted by Gasteiger charge is 2.29. The quantitative estimate of drug-likeness (QED) is 0.102. The van der Waals surface area contributed by atoms with E-state index in [9.17, 15) is 19.7 Å². The molecule has 0 bridgehead atoms. The molecule has 0 aromatic heterocycles. The van der Waals surface area contributed by atoms with Crippen molar-refractivity contribution in [3.05, 3.63) is 118 Å². The third-order valence-corrected chi connectivity index (χ3v) is 6.26. The van der Waals surface area contributed by atoms with Crippen LogP contribution in [0.3, 0.4) is 0 Å². The molecule has 0 radical (unpaired) electrons. The Hall–Kier alpha value is -4.73. The van der Waals surface area contributed by atoms with Crippen molar-refractivity contribution in [2.24, 2.45) is 10.8 Å². The average Bonchev–Trinajstić information content (AvgIpc) is 2.94. The topological polar surface area (TPSA) is 143 Å². The molecule has 0 aliphatic rings. The number of hydrazone groups is 1. The van der Waals surface area contributed by atoms with Gasteiger partial charge >= 0.3 is 0 Å². The van der Waals surface area contributed by atoms with Crippen LogP contribution in [0.25, 0.3) is 0 Å². The molecule has 0 spiro atoms. The van der Waals surface area contributed by atoms with Gasteiger partial charge in [0.2, 0.25) is 11.8 Å². The Labute approximate surface area is 228 Å². The zero-order chi connectivity index (χ0) is 28.0. The van der Waals surface area contributed by atoms with Crippen molar-refractivity contribution in [2.45, 2.75) is 31.2 Å². The molecule has 204 valence electrons. The molecular weight excluding hydrogens is 496 g/mol. The van der Waals surface area contributed by atoms with Crippen molar-refractivity contribution in [3.8, 4) is 0 Å². The molecule has 3 rings (SSSR count). The molecule has 3 aromatic rings. The number of carbonyl (C=O) groups is 2. The van der Waals surface area contributed by atoms with E-state index in [2.05, 4.69) is 15.7 Å². The van der Waals surface area contributed by atoms with Gasteiger partial charge in [0.15, 0.2) is 5.03 Å². The van der Waals surface area contributed by atoms with E-state index in [1.807, 2.05) is 91.0 Å². The fraction of sp³-hybridized carbons (Fsp3) is 0.276. The Morgan fingerprint density at radius 2 is 1.49 bits per heavy atom. The van der Waals surface area contributed by atoms with Crippen molar-refractivity contribution in [1.82, 2.24) is 15.5 Å². The van der Waals surface area contributed by atoms with Gasteiger partial charge in [-0.2, -0.15) is 0 Å². The number of benzene rings is 3. The van der Waals surface area contributed by atoms with E-state index in [1.165, 1.54) is 0 Å². The number of guanidine groups is 1. The van der Waals surface area contributed by atoms with Crippen LogP contribution in [0.2, 0.25) is 0 Å². The van der Waals surface area contributed by atoms with Crippen LogP contribution in [0, 0.1) is 10.1 Å². The molecule has 0 aliphatic carbocycles. The maximum atomic E-state index is 13.7. The second kappa shape index (κ2) is 14.9. The maximum absolute atomic E-state index is 13.7. The number of nitrogens with zero attached hydrogens (tertiary/aromatic N) is 3. The molecule has 10 heteroatoms. The van der Waals surface area contributed by atoms with Gasteiger partial charge in [0.25, 0.3) is 5.96 Å². The van der Waals surface area contributed by atoms with Crippen molar-refractivity contribution >= 4 is 17.8 Å². The number of nitrogens with two attached hydrogens (primary N) is 1. The van der Waals surface area contributed by atoms with Gasteiger partial charge in [-0.3, -0.25) is 9.59 Å². The summed E-state index contributed by atoms with van der Waals surface area (Å²) >= 11 is 0. The molecule has 10 nitrogen and oxygen atoms in total. The SMILES string of the molecule is CN(CCc1ccccc1)C(=O)[C@@H](CCCN/C(N)=N\[N+](=O)[O-])NC(=O)C(c1ccccc1)c1ccccc1. The number of amides is 2. The molecule has 0 heterocycles. The molecule has 4 N–H and O–H groups in total. The first-order chi connectivity index (χ1) is 18.8. The van der Waals surface area contributed by atoms with Gasteiger partial charge in [-0.15, -0.1) is 0 Å². The van der Waals surface area contributed by atoms with Crippen molar-refractivity contribution in [2.75, 3.05) is 20.1 Å². The minimum atomic E-state index is -0.885. The van der Waals surface area contributed by atoms with Crippen LogP contribution in [-0.4, -0.2) is 53.9 Å². The minimum absolute atomic E-state index is 0.217. The van der Waals surface area contributed by atoms with Crippen LogP contribution in [0.15, 0.2) is 96.1 Å². The van der Waals surface area contributed by atoms with E-state index in [0.29, 0.717) is 25.8 Å². The van der Waals surface area contributed by atoms with Crippen LogP contribution >= 0.6 is 0 Å². The Balaban J connectivity index is 1.75. The van der Waals surface area contributed by atoms with Gasteiger partial charge in [-0.1, -0.05) is 91.0 Å². The van der Waals surface area contributed by atoms with Gasteiger partial charge in [-0.05, 0) is 36.0 Å². The van der Waals surface area contributed by atoms with E-state index in [1.54, 1.807) is 11.9 Å². The smallest absolute Gasteiger partial charge is 0.266 e. The Morgan fingerprint density at radius 1 is 0.949 bits per heavy atom. The largest absolute Gasteiger partial charge is 0.365 e. The lowest BCUT2D eigenvalue weighted by atomic mass is 9.90. The zero-order valence-electron chi connectivity index (χ0n) is 21.9. The summed E-state index contributed by atoms with van der Waals surface area (Å²) in [6.45, 7) is 0.730. The van der Waals surface area contributed by atoms with Crippen LogP contribution in [0.4, 0.5) is 0 Å². The summed E-state index contributed by atoms with van der Waals surface area (Å²) in [4.78, 5) is 39.4. The third-order valence-electron chi connectivity index (χ3n) is 6.26. The predicted molar refractivity (Wildman–Crippen MR) is 150 cm³/mol. The van der Waals surface area contributed by atoms with Gasteiger partial charge in [-0.25, -0.2) is 10.1 Å². The molecule has 2 amide bonds. The molecule has 0 saturated heterocycles. The van der Waals surface area contributed by atoms with Crippen LogP contribution in [0.5, 0.6) is 0 Å². The first-order valence-corrected chi connectivity index (χ1v) is 12.8. The number of rotatable bonds is 13. The van der Waals surface area contributed by atoms with Gasteiger partial charge in [0.1, 0.15) is 11.1 Å². The number of nitrogens with one attached hydrogen (secondary N) is 2. The molecule has 0 fully saturated rings. The monoisotopic (exact) mass is 530 g/mol. The molecule has 39 heavy (non-hydrogen) atoms. The lowest BCUT2D eigenvalue weighted by Gasteiger charge is -2.27. The number of hydrogen-bond donors (Lipinski definition) is 3. The van der Waals surface area contributed by atoms with E-state index in [-0.39, 0.29) is 24.3 Å². The highest BCUT2D eigenvalue weighted by Crippen LogP contribution is 2.25. The molecule has 0 saturated carbocycles. The van der Waals surface area contributed by atoms with Gasteiger partial charge < -0.3 is 21.3 Å². The Kier molecular flexibility index (Phi) is 11.0. The summed E-state index contributed by atoms with van der Waals surface area (Å²) in [6, 6.07) is 27.9. The zero-order valence-corrected chi connectivity index (χ0v) is 21.9. The predicted octanol–water partition coefficient (Wildman–Crippen LogP) is 2.88. The molecule has 0 unspecified atom stereocenters. The van der Waals surface area contributed by atoms with Crippen molar-refractivity contribution in [1.29, 1.82) is 0 Å². The van der Waals surface area contributed by atoms with Gasteiger partial charge in [0.05, 0.1) is 5.92 Å². The van der Waals surface area contributed by atoms with Gasteiger partial charge in [0, 0.05) is 20.1 Å². The summed E-state index contributed by atoms with van der Waals surface area (Å²) in [5.41, 5.74) is 8.23. The third kappa shape index (κ3) is 9.26. The molecular formula is C29H34N6O4. The maximum Gasteiger partial charge on any atom is 0.266 e. The fourth-order valence-electron chi connectivity index (χ4n) is 4.26. The van der Waals surface area contributed by atoms with Crippen molar-refractivity contribution in [3.63, 3.8) is 0 Å². The minimum Gasteiger partial charge on any atom is -0.365 e. The summed E-state index contributed by atoms with van der Waals surface area (Å²) in [5.74, 6) is -1.42. The van der Waals surface area contributed by atoms with Crippen LogP contribution in [0.1, 0.15) is 35.4 Å². The standard InChI is InChI=1S/C29H34N6O4/c1-34(21-19-22-12-5-2-6-13-22)28(37)25(18-11-20-31-29(30)33-35(38)39)32-27(36)26(23-14-7-3-8-15-23)24-16-9-4-10-17-24/h2-10,12-17,25-26H,11,18-21H2,1H3,(H,32,36)(H3,30,31,33)/t25-/m1/s1. The second-order valence-electron chi connectivity index (χ2n) is 9.10.